The number of hydrogen-bond acceptors (Lipinski definition) is 3. The maximum absolute atomic E-state index is 12.5. The van der Waals surface area contributed by atoms with E-state index < -0.39 is 0 Å². The van der Waals surface area contributed by atoms with E-state index in [1.807, 2.05) is 11.8 Å². The van der Waals surface area contributed by atoms with Gasteiger partial charge in [0.2, 0.25) is 0 Å². The van der Waals surface area contributed by atoms with Crippen LogP contribution in [0.5, 0.6) is 0 Å². The lowest BCUT2D eigenvalue weighted by molar-refractivity contribution is 0.0492. The normalized spacial score (nSPS) is 25.0. The molecule has 0 saturated carbocycles. The van der Waals surface area contributed by atoms with Crippen LogP contribution in [0.4, 0.5) is 0 Å². The molecule has 0 spiro atoms. The second-order valence-electron chi connectivity index (χ2n) is 4.77. The summed E-state index contributed by atoms with van der Waals surface area (Å²) in [5, 5.41) is 0. The first-order chi connectivity index (χ1) is 8.15. The zero-order valence-electron chi connectivity index (χ0n) is 10.5. The average molecular weight is 236 g/mol. The third kappa shape index (κ3) is 2.22. The predicted octanol–water partition coefficient (Wildman–Crippen LogP) is 1.93. The second kappa shape index (κ2) is 4.92. The van der Waals surface area contributed by atoms with Crippen molar-refractivity contribution in [2.45, 2.75) is 45.2 Å². The van der Waals surface area contributed by atoms with Gasteiger partial charge in [0.05, 0.1) is 11.8 Å². The fourth-order valence-electron chi connectivity index (χ4n) is 2.63. The Morgan fingerprint density at radius 1 is 1.59 bits per heavy atom. The van der Waals surface area contributed by atoms with Crippen molar-refractivity contribution < 1.29 is 9.21 Å². The highest BCUT2D eigenvalue weighted by Gasteiger charge is 2.32. The number of hydrogen-bond donors (Lipinski definition) is 1. The van der Waals surface area contributed by atoms with Crippen molar-refractivity contribution in [2.75, 3.05) is 6.54 Å². The minimum Gasteiger partial charge on any atom is -0.469 e. The molecule has 4 heteroatoms. The second-order valence-corrected chi connectivity index (χ2v) is 4.77. The standard InChI is InChI=1S/C13H20N2O2/c1-9-4-3-5-11(8-14)15(9)13(16)12-6-7-17-10(12)2/h6-7,9,11H,3-5,8,14H2,1-2H3. The molecular formula is C13H20N2O2. The summed E-state index contributed by atoms with van der Waals surface area (Å²) in [7, 11) is 0. The van der Waals surface area contributed by atoms with Gasteiger partial charge in [0, 0.05) is 18.6 Å². The summed E-state index contributed by atoms with van der Waals surface area (Å²) in [6, 6.07) is 2.17. The Morgan fingerprint density at radius 2 is 2.35 bits per heavy atom. The number of amides is 1. The Balaban J connectivity index is 2.24. The molecule has 2 heterocycles. The van der Waals surface area contributed by atoms with Gasteiger partial charge in [-0.05, 0) is 39.2 Å². The monoisotopic (exact) mass is 236 g/mol. The first-order valence-electron chi connectivity index (χ1n) is 6.22. The quantitative estimate of drug-likeness (QED) is 0.853. The van der Waals surface area contributed by atoms with Crippen LogP contribution in [0, 0.1) is 6.92 Å². The Kier molecular flexibility index (Phi) is 3.52. The van der Waals surface area contributed by atoms with Gasteiger partial charge in [0.15, 0.2) is 0 Å². The van der Waals surface area contributed by atoms with E-state index in [0.29, 0.717) is 17.9 Å². The molecule has 0 aliphatic carbocycles. The number of likely N-dealkylation sites (tertiary alicyclic amines) is 1. The molecule has 1 amide bonds. The fraction of sp³-hybridized carbons (Fsp3) is 0.615. The molecule has 2 unspecified atom stereocenters. The summed E-state index contributed by atoms with van der Waals surface area (Å²) in [5.74, 6) is 0.738. The topological polar surface area (TPSA) is 59.5 Å². The number of aryl methyl sites for hydroxylation is 1. The van der Waals surface area contributed by atoms with E-state index >= 15 is 0 Å². The Hall–Kier alpha value is -1.29. The van der Waals surface area contributed by atoms with Gasteiger partial charge < -0.3 is 15.1 Å². The van der Waals surface area contributed by atoms with Crippen LogP contribution in [-0.2, 0) is 0 Å². The van der Waals surface area contributed by atoms with Crippen LogP contribution < -0.4 is 5.73 Å². The summed E-state index contributed by atoms with van der Waals surface area (Å²) in [4.78, 5) is 14.4. The first-order valence-corrected chi connectivity index (χ1v) is 6.22. The summed E-state index contributed by atoms with van der Waals surface area (Å²) in [6.45, 7) is 4.45. The lowest BCUT2D eigenvalue weighted by atomic mass is 9.95. The van der Waals surface area contributed by atoms with Gasteiger partial charge in [-0.1, -0.05) is 0 Å². The van der Waals surface area contributed by atoms with Crippen LogP contribution in [0.3, 0.4) is 0 Å². The van der Waals surface area contributed by atoms with Gasteiger partial charge in [0.25, 0.3) is 5.91 Å². The summed E-state index contributed by atoms with van der Waals surface area (Å²) >= 11 is 0. The average Bonchev–Trinajstić information content (AvgIpc) is 2.74. The molecule has 1 saturated heterocycles. The van der Waals surface area contributed by atoms with E-state index in [4.69, 9.17) is 10.2 Å². The van der Waals surface area contributed by atoms with Gasteiger partial charge in [-0.25, -0.2) is 0 Å². The first kappa shape index (κ1) is 12.2. The van der Waals surface area contributed by atoms with Crippen molar-refractivity contribution >= 4 is 5.91 Å². The van der Waals surface area contributed by atoms with Crippen LogP contribution in [-0.4, -0.2) is 29.4 Å². The molecule has 0 radical (unpaired) electrons. The molecule has 4 nitrogen and oxygen atoms in total. The van der Waals surface area contributed by atoms with Gasteiger partial charge in [0.1, 0.15) is 5.76 Å². The van der Waals surface area contributed by atoms with Crippen LogP contribution in [0.1, 0.15) is 42.3 Å². The molecule has 17 heavy (non-hydrogen) atoms. The van der Waals surface area contributed by atoms with Gasteiger partial charge in [-0.2, -0.15) is 0 Å². The Morgan fingerprint density at radius 3 is 2.94 bits per heavy atom. The van der Waals surface area contributed by atoms with Crippen LogP contribution in [0.25, 0.3) is 0 Å². The third-order valence-corrected chi connectivity index (χ3v) is 3.62. The van der Waals surface area contributed by atoms with Crippen LogP contribution in [0.15, 0.2) is 16.7 Å². The summed E-state index contributed by atoms with van der Waals surface area (Å²) in [5.41, 5.74) is 6.43. The largest absolute Gasteiger partial charge is 0.469 e. The van der Waals surface area contributed by atoms with E-state index in [0.717, 1.165) is 19.3 Å². The van der Waals surface area contributed by atoms with Gasteiger partial charge in [-0.15, -0.1) is 0 Å². The Bertz CT molecular complexity index is 400. The highest BCUT2D eigenvalue weighted by atomic mass is 16.3. The molecule has 2 rings (SSSR count). The van der Waals surface area contributed by atoms with Crippen molar-refractivity contribution in [3.8, 4) is 0 Å². The number of nitrogens with zero attached hydrogens (tertiary/aromatic N) is 1. The number of piperidine rings is 1. The summed E-state index contributed by atoms with van der Waals surface area (Å²) in [6.07, 6.45) is 4.77. The number of carbonyl (C=O) groups excluding carboxylic acids is 1. The highest BCUT2D eigenvalue weighted by molar-refractivity contribution is 5.95. The lowest BCUT2D eigenvalue weighted by Crippen LogP contribution is -2.51. The predicted molar refractivity (Wildman–Crippen MR) is 65.8 cm³/mol. The van der Waals surface area contributed by atoms with Crippen molar-refractivity contribution in [3.05, 3.63) is 23.7 Å². The van der Waals surface area contributed by atoms with Crippen molar-refractivity contribution in [1.82, 2.24) is 4.90 Å². The minimum absolute atomic E-state index is 0.0545. The van der Waals surface area contributed by atoms with E-state index in [1.54, 1.807) is 12.3 Å². The van der Waals surface area contributed by atoms with Crippen molar-refractivity contribution in [3.63, 3.8) is 0 Å². The smallest absolute Gasteiger partial charge is 0.257 e. The Labute approximate surface area is 102 Å². The zero-order valence-corrected chi connectivity index (χ0v) is 10.5. The fourth-order valence-corrected chi connectivity index (χ4v) is 2.63. The minimum atomic E-state index is 0.0545. The number of nitrogens with two attached hydrogens (primary N) is 1. The zero-order chi connectivity index (χ0) is 12.4. The summed E-state index contributed by atoms with van der Waals surface area (Å²) < 4.78 is 5.20. The van der Waals surface area contributed by atoms with Crippen molar-refractivity contribution in [1.29, 1.82) is 0 Å². The SMILES string of the molecule is Cc1occc1C(=O)N1C(C)CCCC1CN. The molecule has 1 aromatic heterocycles. The van der Waals surface area contributed by atoms with E-state index in [2.05, 4.69) is 6.92 Å². The molecule has 0 aromatic carbocycles. The molecule has 1 aliphatic rings. The van der Waals surface area contributed by atoms with Crippen molar-refractivity contribution in [2.24, 2.45) is 5.73 Å². The molecule has 2 atom stereocenters. The van der Waals surface area contributed by atoms with Crippen LogP contribution >= 0.6 is 0 Å². The molecule has 94 valence electrons. The highest BCUT2D eigenvalue weighted by Crippen LogP contribution is 2.25. The third-order valence-electron chi connectivity index (χ3n) is 3.62. The van der Waals surface area contributed by atoms with E-state index in [9.17, 15) is 4.79 Å². The van der Waals surface area contributed by atoms with Crippen LogP contribution in [0.2, 0.25) is 0 Å². The lowest BCUT2D eigenvalue weighted by Gasteiger charge is -2.40. The van der Waals surface area contributed by atoms with Gasteiger partial charge in [-0.3, -0.25) is 4.79 Å². The maximum atomic E-state index is 12.5. The van der Waals surface area contributed by atoms with Gasteiger partial charge >= 0.3 is 0 Å². The molecule has 2 N–H and O–H groups in total. The molecule has 1 aliphatic heterocycles. The number of carbonyl (C=O) groups is 1. The van der Waals surface area contributed by atoms with E-state index in [-0.39, 0.29) is 18.0 Å². The molecular weight excluding hydrogens is 216 g/mol. The maximum Gasteiger partial charge on any atom is 0.257 e. The molecule has 0 bridgehead atoms. The molecule has 1 fully saturated rings. The van der Waals surface area contributed by atoms with E-state index in [1.165, 1.54) is 0 Å². The number of furan rings is 1. The number of rotatable bonds is 2. The molecule has 1 aromatic rings.